The molecule has 0 radical (unpaired) electrons. The molecule has 1 aliphatic heterocycles. The molecule has 14 heteroatoms. The maximum Gasteiger partial charge on any atom is 0.303 e. The fourth-order valence-corrected chi connectivity index (χ4v) is 6.33. The minimum Gasteiger partial charge on any atom is -0.392 e. The van der Waals surface area contributed by atoms with Crippen LogP contribution in [-0.4, -0.2) is 78.9 Å². The van der Waals surface area contributed by atoms with Crippen molar-refractivity contribution in [1.29, 1.82) is 0 Å². The van der Waals surface area contributed by atoms with Gasteiger partial charge < -0.3 is 28.8 Å². The average molecular weight is 693 g/mol. The van der Waals surface area contributed by atoms with Crippen LogP contribution in [0.2, 0.25) is 0 Å². The lowest BCUT2D eigenvalue weighted by Gasteiger charge is -2.37. The minimum absolute atomic E-state index is 0.0908. The zero-order valence-corrected chi connectivity index (χ0v) is 28.2. The SMILES string of the molecule is C[C@H]1CO[C@@H](c2ccccc2)COCC2CC(N=Nc3ccc([N+](=O)[O-])cc3[N+](=O)[O-])CC(COC[C@H](c3ccccc3)OC[C@H](C)O1)C2O. The Kier molecular flexibility index (Phi) is 13.5. The van der Waals surface area contributed by atoms with Crippen molar-refractivity contribution in [2.75, 3.05) is 39.6 Å². The van der Waals surface area contributed by atoms with Crippen LogP contribution in [0, 0.1) is 32.1 Å². The summed E-state index contributed by atoms with van der Waals surface area (Å²) in [5, 5.41) is 43.0. The molecule has 0 aromatic heterocycles. The number of non-ortho nitro benzene ring substituents is 1. The van der Waals surface area contributed by atoms with Gasteiger partial charge in [-0.25, -0.2) is 0 Å². The lowest BCUT2D eigenvalue weighted by Crippen LogP contribution is -2.43. The van der Waals surface area contributed by atoms with E-state index in [9.17, 15) is 25.3 Å². The molecule has 5 rings (SSSR count). The number of hydrogen-bond acceptors (Lipinski definition) is 12. The van der Waals surface area contributed by atoms with E-state index in [-0.39, 0.29) is 68.4 Å². The third-order valence-corrected chi connectivity index (χ3v) is 8.88. The molecule has 14 nitrogen and oxygen atoms in total. The van der Waals surface area contributed by atoms with E-state index >= 15 is 0 Å². The van der Waals surface area contributed by atoms with E-state index < -0.39 is 33.4 Å². The van der Waals surface area contributed by atoms with Crippen molar-refractivity contribution in [1.82, 2.24) is 0 Å². The Labute approximate surface area is 290 Å². The summed E-state index contributed by atoms with van der Waals surface area (Å²) in [6, 6.07) is 22.3. The molecule has 2 aliphatic rings. The van der Waals surface area contributed by atoms with Gasteiger partial charge in [0, 0.05) is 17.9 Å². The number of fused-ring (bicyclic) bond motifs is 2. The molecule has 6 atom stereocenters. The van der Waals surface area contributed by atoms with Gasteiger partial charge in [0.2, 0.25) is 0 Å². The molecule has 3 aromatic carbocycles. The van der Waals surface area contributed by atoms with Gasteiger partial charge in [0.05, 0.1) is 79.9 Å². The van der Waals surface area contributed by atoms with Gasteiger partial charge in [-0.1, -0.05) is 60.7 Å². The average Bonchev–Trinajstić information content (AvgIpc) is 3.11. The molecular weight excluding hydrogens is 648 g/mol. The second kappa shape index (κ2) is 18.2. The van der Waals surface area contributed by atoms with Crippen molar-refractivity contribution >= 4 is 17.1 Å². The minimum atomic E-state index is -0.783. The number of aliphatic hydroxyl groups is 1. The van der Waals surface area contributed by atoms with E-state index in [1.54, 1.807) is 0 Å². The molecule has 0 amide bonds. The monoisotopic (exact) mass is 692 g/mol. The second-order valence-corrected chi connectivity index (χ2v) is 12.8. The Hall–Kier alpha value is -4.18. The van der Waals surface area contributed by atoms with E-state index in [0.717, 1.165) is 23.3 Å². The Bertz CT molecular complexity index is 1490. The molecule has 3 aromatic rings. The molecule has 2 unspecified atom stereocenters. The van der Waals surface area contributed by atoms with Crippen molar-refractivity contribution in [3.8, 4) is 0 Å². The maximum atomic E-state index is 11.7. The summed E-state index contributed by atoms with van der Waals surface area (Å²) in [6.07, 6.45) is -1.18. The summed E-state index contributed by atoms with van der Waals surface area (Å²) in [5.74, 6) is -0.708. The molecule has 1 N–H and O–H groups in total. The summed E-state index contributed by atoms with van der Waals surface area (Å²) < 4.78 is 31.3. The van der Waals surface area contributed by atoms with Crippen LogP contribution >= 0.6 is 0 Å². The number of hydrogen-bond donors (Lipinski definition) is 1. The van der Waals surface area contributed by atoms with E-state index in [2.05, 4.69) is 10.2 Å². The van der Waals surface area contributed by atoms with Crippen LogP contribution < -0.4 is 0 Å². The smallest absolute Gasteiger partial charge is 0.303 e. The van der Waals surface area contributed by atoms with Crippen LogP contribution in [0.4, 0.5) is 17.1 Å². The Balaban J connectivity index is 1.38. The topological polar surface area (TPSA) is 177 Å². The largest absolute Gasteiger partial charge is 0.392 e. The first kappa shape index (κ1) is 37.1. The molecule has 1 saturated heterocycles. The molecule has 50 heavy (non-hydrogen) atoms. The first-order valence-corrected chi connectivity index (χ1v) is 16.8. The first-order chi connectivity index (χ1) is 24.2. The standard InChI is InChI=1S/C36H44N4O10/c1-24-18-48-34(26-9-5-3-6-10-26)22-46-20-28-15-30(37-38-32-14-13-31(39(42)43)17-33(32)40(44)45)16-29(36(28)41)21-47-23-35(49-19-25(2)50-24)27-11-7-4-8-12-27/h3-14,17,24-25,28-30,34-36,41H,15-16,18-23H2,1-2H3/t24-,25-,28?,29?,30?,34+,35+,36?/m0/s1. The zero-order valence-electron chi connectivity index (χ0n) is 28.2. The van der Waals surface area contributed by atoms with Crippen molar-refractivity contribution in [2.24, 2.45) is 22.1 Å². The van der Waals surface area contributed by atoms with E-state index in [0.29, 0.717) is 26.1 Å². The van der Waals surface area contributed by atoms with Gasteiger partial charge in [0.15, 0.2) is 5.69 Å². The molecule has 1 aliphatic carbocycles. The number of azo groups is 1. The number of nitro groups is 2. The van der Waals surface area contributed by atoms with Gasteiger partial charge in [-0.3, -0.25) is 20.2 Å². The predicted octanol–water partition coefficient (Wildman–Crippen LogP) is 6.70. The quantitative estimate of drug-likeness (QED) is 0.166. The maximum absolute atomic E-state index is 11.7. The Morgan fingerprint density at radius 3 is 1.70 bits per heavy atom. The van der Waals surface area contributed by atoms with Crippen LogP contribution in [0.25, 0.3) is 0 Å². The highest BCUT2D eigenvalue weighted by Crippen LogP contribution is 2.36. The second-order valence-electron chi connectivity index (χ2n) is 12.8. The van der Waals surface area contributed by atoms with E-state index in [4.69, 9.17) is 23.7 Å². The third-order valence-electron chi connectivity index (χ3n) is 8.88. The van der Waals surface area contributed by atoms with Crippen LogP contribution in [0.3, 0.4) is 0 Å². The molecule has 1 saturated carbocycles. The number of nitro benzene ring substituents is 2. The van der Waals surface area contributed by atoms with Gasteiger partial charge in [0.1, 0.15) is 12.2 Å². The van der Waals surface area contributed by atoms with Gasteiger partial charge in [0.25, 0.3) is 5.69 Å². The number of nitrogens with zero attached hydrogens (tertiary/aromatic N) is 4. The Morgan fingerprint density at radius 2 is 1.22 bits per heavy atom. The Morgan fingerprint density at radius 1 is 0.700 bits per heavy atom. The van der Waals surface area contributed by atoms with Crippen LogP contribution in [-0.2, 0) is 23.7 Å². The number of rotatable bonds is 6. The summed E-state index contributed by atoms with van der Waals surface area (Å²) in [5.41, 5.74) is 0.876. The van der Waals surface area contributed by atoms with Crippen molar-refractivity contribution < 1.29 is 38.6 Å². The lowest BCUT2D eigenvalue weighted by atomic mass is 9.77. The van der Waals surface area contributed by atoms with Gasteiger partial charge in [-0.2, -0.15) is 5.11 Å². The highest BCUT2D eigenvalue weighted by Gasteiger charge is 2.38. The van der Waals surface area contributed by atoms with E-state index in [1.165, 1.54) is 6.07 Å². The molecule has 2 fully saturated rings. The fourth-order valence-electron chi connectivity index (χ4n) is 6.33. The summed E-state index contributed by atoms with van der Waals surface area (Å²) in [6.45, 7) is 5.43. The summed E-state index contributed by atoms with van der Waals surface area (Å²) in [7, 11) is 0. The summed E-state index contributed by atoms with van der Waals surface area (Å²) >= 11 is 0. The molecule has 0 spiro atoms. The number of aliphatic hydroxyl groups excluding tert-OH is 1. The van der Waals surface area contributed by atoms with E-state index in [1.807, 2.05) is 74.5 Å². The number of ether oxygens (including phenoxy) is 5. The lowest BCUT2D eigenvalue weighted by molar-refractivity contribution is -0.393. The number of benzene rings is 3. The molecule has 1 heterocycles. The van der Waals surface area contributed by atoms with Crippen LogP contribution in [0.1, 0.15) is 50.0 Å². The fraction of sp³-hybridized carbons (Fsp3) is 0.500. The van der Waals surface area contributed by atoms with Crippen LogP contribution in [0.5, 0.6) is 0 Å². The highest BCUT2D eigenvalue weighted by molar-refractivity contribution is 5.61. The first-order valence-electron chi connectivity index (χ1n) is 16.8. The summed E-state index contributed by atoms with van der Waals surface area (Å²) in [4.78, 5) is 21.5. The molecule has 2 bridgehead atoms. The highest BCUT2D eigenvalue weighted by atomic mass is 16.6. The van der Waals surface area contributed by atoms with Gasteiger partial charge >= 0.3 is 5.69 Å². The van der Waals surface area contributed by atoms with Crippen molar-refractivity contribution in [3.05, 3.63) is 110 Å². The predicted molar refractivity (Wildman–Crippen MR) is 182 cm³/mol. The van der Waals surface area contributed by atoms with Gasteiger partial charge in [-0.15, -0.1) is 5.11 Å². The molecule has 268 valence electrons. The van der Waals surface area contributed by atoms with Crippen molar-refractivity contribution in [2.45, 2.75) is 63.3 Å². The van der Waals surface area contributed by atoms with Crippen molar-refractivity contribution in [3.63, 3.8) is 0 Å². The third kappa shape index (κ3) is 10.4. The molecular formula is C36H44N4O10. The van der Waals surface area contributed by atoms with Gasteiger partial charge in [-0.05, 0) is 43.9 Å². The zero-order chi connectivity index (χ0) is 35.5. The van der Waals surface area contributed by atoms with Crippen LogP contribution in [0.15, 0.2) is 89.1 Å². The normalized spacial score (nSPS) is 29.1.